The molecule has 4 aromatic rings. The first-order valence-corrected chi connectivity index (χ1v) is 10.7. The van der Waals surface area contributed by atoms with E-state index in [1.54, 1.807) is 6.33 Å². The van der Waals surface area contributed by atoms with Crippen LogP contribution in [0, 0.1) is 0 Å². The van der Waals surface area contributed by atoms with Crippen LogP contribution in [0.3, 0.4) is 0 Å². The number of nitrogens with one attached hydrogen (secondary N) is 1. The fourth-order valence-corrected chi connectivity index (χ4v) is 4.60. The predicted molar refractivity (Wildman–Crippen MR) is 126 cm³/mol. The summed E-state index contributed by atoms with van der Waals surface area (Å²) in [5.74, 6) is 1.59. The van der Waals surface area contributed by atoms with Gasteiger partial charge in [-0.05, 0) is 35.4 Å². The van der Waals surface area contributed by atoms with Crippen molar-refractivity contribution in [3.63, 3.8) is 0 Å². The number of hydrogen-bond donors (Lipinski definition) is 1. The van der Waals surface area contributed by atoms with Gasteiger partial charge in [-0.3, -0.25) is 0 Å². The Morgan fingerprint density at radius 1 is 0.875 bits per heavy atom. The van der Waals surface area contributed by atoms with Crippen molar-refractivity contribution in [3.05, 3.63) is 107 Å². The van der Waals surface area contributed by atoms with Crippen molar-refractivity contribution in [2.45, 2.75) is 12.1 Å². The third kappa shape index (κ3) is 2.87. The summed E-state index contributed by atoms with van der Waals surface area (Å²) in [6.45, 7) is 0. The standard InChI is InChI=1S/C26H23N5O/c1-30(2)19-14-12-18(13-15-19)25-22-23(20-10-6-7-11-21(20)32-25)29-26-27-16-28-31(26)24(22)17-8-4-3-5-9-17/h3-16,24-25H,1-2H3,(H,27,28,29)/t24-,25+/m0/s1. The summed E-state index contributed by atoms with van der Waals surface area (Å²) in [5, 5.41) is 8.12. The Morgan fingerprint density at radius 3 is 2.41 bits per heavy atom. The van der Waals surface area contributed by atoms with E-state index in [4.69, 9.17) is 4.74 Å². The van der Waals surface area contributed by atoms with Gasteiger partial charge in [0.2, 0.25) is 5.95 Å². The molecule has 2 aliphatic heterocycles. The molecule has 0 aliphatic carbocycles. The molecule has 0 fully saturated rings. The molecule has 0 radical (unpaired) electrons. The van der Waals surface area contributed by atoms with Crippen LogP contribution >= 0.6 is 0 Å². The summed E-state index contributed by atoms with van der Waals surface area (Å²) in [6, 6.07) is 27.0. The predicted octanol–water partition coefficient (Wildman–Crippen LogP) is 4.90. The zero-order valence-electron chi connectivity index (χ0n) is 17.9. The Hall–Kier alpha value is -4.06. The maximum absolute atomic E-state index is 6.66. The van der Waals surface area contributed by atoms with Crippen molar-refractivity contribution in [1.29, 1.82) is 0 Å². The number of fused-ring (bicyclic) bond motifs is 3. The van der Waals surface area contributed by atoms with Crippen LogP contribution in [0.2, 0.25) is 0 Å². The van der Waals surface area contributed by atoms with Crippen molar-refractivity contribution >= 4 is 17.3 Å². The lowest BCUT2D eigenvalue weighted by Crippen LogP contribution is -2.32. The second-order valence-electron chi connectivity index (χ2n) is 8.28. The molecule has 6 heteroatoms. The quantitative estimate of drug-likeness (QED) is 0.510. The summed E-state index contributed by atoms with van der Waals surface area (Å²) >= 11 is 0. The van der Waals surface area contributed by atoms with E-state index in [1.165, 1.54) is 0 Å². The Labute approximate surface area is 186 Å². The molecule has 1 N–H and O–H groups in total. The van der Waals surface area contributed by atoms with Gasteiger partial charge in [0, 0.05) is 30.9 Å². The van der Waals surface area contributed by atoms with Gasteiger partial charge in [-0.25, -0.2) is 4.68 Å². The highest BCUT2D eigenvalue weighted by molar-refractivity contribution is 5.85. The second kappa shape index (κ2) is 7.27. The summed E-state index contributed by atoms with van der Waals surface area (Å²) in [7, 11) is 4.09. The largest absolute Gasteiger partial charge is 0.480 e. The van der Waals surface area contributed by atoms with Crippen LogP contribution in [0.1, 0.15) is 28.8 Å². The molecular weight excluding hydrogens is 398 g/mol. The summed E-state index contributed by atoms with van der Waals surface area (Å²) in [4.78, 5) is 6.58. The molecule has 3 heterocycles. The average Bonchev–Trinajstić information content (AvgIpc) is 3.31. The van der Waals surface area contributed by atoms with E-state index in [-0.39, 0.29) is 12.1 Å². The molecule has 0 spiro atoms. The highest BCUT2D eigenvalue weighted by Crippen LogP contribution is 2.50. The minimum Gasteiger partial charge on any atom is -0.480 e. The van der Waals surface area contributed by atoms with Crippen LogP contribution in [0.25, 0.3) is 5.70 Å². The molecule has 0 unspecified atom stereocenters. The molecule has 0 bridgehead atoms. The van der Waals surface area contributed by atoms with Gasteiger partial charge in [0.05, 0.1) is 5.70 Å². The molecule has 2 atom stereocenters. The number of benzene rings is 3. The lowest BCUT2D eigenvalue weighted by atomic mass is 9.84. The van der Waals surface area contributed by atoms with Crippen molar-refractivity contribution in [3.8, 4) is 5.75 Å². The number of aromatic nitrogens is 3. The zero-order chi connectivity index (χ0) is 21.7. The Kier molecular flexibility index (Phi) is 4.24. The number of hydrogen-bond acceptors (Lipinski definition) is 5. The van der Waals surface area contributed by atoms with Crippen LogP contribution in [-0.4, -0.2) is 28.9 Å². The Bertz CT molecular complexity index is 1310. The number of anilines is 2. The fraction of sp³-hybridized carbons (Fsp3) is 0.154. The van der Waals surface area contributed by atoms with E-state index in [0.29, 0.717) is 0 Å². The number of ether oxygens (including phenoxy) is 1. The molecule has 6 nitrogen and oxygen atoms in total. The molecule has 0 saturated carbocycles. The number of rotatable bonds is 3. The van der Waals surface area contributed by atoms with Gasteiger partial charge in [-0.1, -0.05) is 54.6 Å². The van der Waals surface area contributed by atoms with Gasteiger partial charge in [0.1, 0.15) is 24.2 Å². The highest BCUT2D eigenvalue weighted by Gasteiger charge is 2.40. The van der Waals surface area contributed by atoms with Crippen LogP contribution in [0.4, 0.5) is 11.6 Å². The minimum absolute atomic E-state index is 0.128. The molecule has 0 saturated heterocycles. The highest BCUT2D eigenvalue weighted by atomic mass is 16.5. The van der Waals surface area contributed by atoms with Crippen molar-refractivity contribution in [1.82, 2.24) is 14.8 Å². The summed E-state index contributed by atoms with van der Waals surface area (Å²) < 4.78 is 8.61. The van der Waals surface area contributed by atoms with Crippen LogP contribution in [0.5, 0.6) is 5.75 Å². The Balaban J connectivity index is 1.58. The smallest absolute Gasteiger partial charge is 0.226 e. The maximum atomic E-state index is 6.66. The maximum Gasteiger partial charge on any atom is 0.226 e. The third-order valence-electron chi connectivity index (χ3n) is 6.15. The molecule has 32 heavy (non-hydrogen) atoms. The Morgan fingerprint density at radius 2 is 1.62 bits per heavy atom. The first kappa shape index (κ1) is 18.7. The van der Waals surface area contributed by atoms with Crippen molar-refractivity contribution in [2.75, 3.05) is 24.3 Å². The van der Waals surface area contributed by atoms with E-state index in [0.717, 1.165) is 45.3 Å². The van der Waals surface area contributed by atoms with Crippen LogP contribution in [-0.2, 0) is 0 Å². The van der Waals surface area contributed by atoms with Gasteiger partial charge < -0.3 is 15.0 Å². The van der Waals surface area contributed by atoms with Crippen LogP contribution in [0.15, 0.2) is 90.8 Å². The fourth-order valence-electron chi connectivity index (χ4n) is 4.60. The second-order valence-corrected chi connectivity index (χ2v) is 8.28. The van der Waals surface area contributed by atoms with E-state index in [9.17, 15) is 0 Å². The van der Waals surface area contributed by atoms with Crippen LogP contribution < -0.4 is 15.0 Å². The normalized spacial score (nSPS) is 18.7. The van der Waals surface area contributed by atoms with Crippen molar-refractivity contribution in [2.24, 2.45) is 0 Å². The third-order valence-corrected chi connectivity index (χ3v) is 6.15. The molecule has 1 aromatic heterocycles. The van der Waals surface area contributed by atoms with Crippen molar-refractivity contribution < 1.29 is 4.74 Å². The minimum atomic E-state index is -0.258. The monoisotopic (exact) mass is 421 g/mol. The molecular formula is C26H23N5O. The SMILES string of the molecule is CN(C)c1ccc([C@H]2Oc3ccccc3C3=C2[C@H](c2ccccc2)n2ncnc2N3)cc1. The molecule has 158 valence electrons. The first-order chi connectivity index (χ1) is 15.7. The summed E-state index contributed by atoms with van der Waals surface area (Å²) in [6.07, 6.45) is 1.34. The molecule has 6 rings (SSSR count). The molecule has 3 aromatic carbocycles. The van der Waals surface area contributed by atoms with E-state index in [2.05, 4.69) is 74.9 Å². The van der Waals surface area contributed by atoms with E-state index < -0.39 is 0 Å². The van der Waals surface area contributed by atoms with Gasteiger partial charge in [-0.15, -0.1) is 0 Å². The topological polar surface area (TPSA) is 55.2 Å². The molecule has 0 amide bonds. The lowest BCUT2D eigenvalue weighted by Gasteiger charge is -2.39. The summed E-state index contributed by atoms with van der Waals surface area (Å²) in [5.41, 5.74) is 6.61. The van der Waals surface area contributed by atoms with Gasteiger partial charge in [-0.2, -0.15) is 10.1 Å². The average molecular weight is 422 g/mol. The van der Waals surface area contributed by atoms with E-state index >= 15 is 0 Å². The van der Waals surface area contributed by atoms with Gasteiger partial charge in [0.15, 0.2) is 0 Å². The first-order valence-electron chi connectivity index (χ1n) is 10.7. The lowest BCUT2D eigenvalue weighted by molar-refractivity contribution is 0.223. The molecule has 2 aliphatic rings. The van der Waals surface area contributed by atoms with Gasteiger partial charge in [0.25, 0.3) is 0 Å². The van der Waals surface area contributed by atoms with E-state index in [1.807, 2.05) is 43.0 Å². The number of para-hydroxylation sites is 1. The zero-order valence-corrected chi connectivity index (χ0v) is 17.9. The van der Waals surface area contributed by atoms with Gasteiger partial charge >= 0.3 is 0 Å². The number of nitrogens with zero attached hydrogens (tertiary/aromatic N) is 4.